The highest BCUT2D eigenvalue weighted by atomic mass is 32.1. The summed E-state index contributed by atoms with van der Waals surface area (Å²) in [4.78, 5) is 13.8. The smallest absolute Gasteiger partial charge is 0.341 e. The predicted molar refractivity (Wildman–Crippen MR) is 114 cm³/mol. The van der Waals surface area contributed by atoms with Crippen molar-refractivity contribution in [2.24, 2.45) is 0 Å². The molecule has 27 heavy (non-hydrogen) atoms. The summed E-state index contributed by atoms with van der Waals surface area (Å²) in [5, 5.41) is 7.64. The van der Waals surface area contributed by atoms with Crippen molar-refractivity contribution < 1.29 is 14.3 Å². The third-order valence-electron chi connectivity index (χ3n) is 4.56. The van der Waals surface area contributed by atoms with Crippen molar-refractivity contribution in [1.82, 2.24) is 0 Å². The third-order valence-corrected chi connectivity index (χ3v) is 5.97. The van der Waals surface area contributed by atoms with Gasteiger partial charge in [0.1, 0.15) is 10.8 Å². The predicted octanol–water partition coefficient (Wildman–Crippen LogP) is 4.93. The van der Waals surface area contributed by atoms with Gasteiger partial charge in [-0.2, -0.15) is 0 Å². The first-order valence-corrected chi connectivity index (χ1v) is 10.3. The summed E-state index contributed by atoms with van der Waals surface area (Å²) in [5.41, 5.74) is 3.68. The van der Waals surface area contributed by atoms with E-state index in [1.54, 1.807) is 18.4 Å². The van der Waals surface area contributed by atoms with Gasteiger partial charge < -0.3 is 20.1 Å². The molecule has 0 aliphatic heterocycles. The molecule has 5 nitrogen and oxygen atoms in total. The zero-order valence-electron chi connectivity index (χ0n) is 15.8. The molecule has 1 aromatic heterocycles. The van der Waals surface area contributed by atoms with Crippen LogP contribution in [0, 0.1) is 6.92 Å². The lowest BCUT2D eigenvalue weighted by Gasteiger charge is -2.14. The summed E-state index contributed by atoms with van der Waals surface area (Å²) in [6.45, 7) is 4.17. The van der Waals surface area contributed by atoms with Gasteiger partial charge in [0, 0.05) is 10.6 Å². The number of rotatable bonds is 5. The van der Waals surface area contributed by atoms with E-state index in [2.05, 4.69) is 10.6 Å². The van der Waals surface area contributed by atoms with Crippen molar-refractivity contribution in [2.45, 2.75) is 39.5 Å². The normalized spacial score (nSPS) is 12.9. The molecule has 1 heterocycles. The zero-order chi connectivity index (χ0) is 19.4. The minimum Gasteiger partial charge on any atom is -0.497 e. The topological polar surface area (TPSA) is 59.6 Å². The van der Waals surface area contributed by atoms with Crippen LogP contribution in [0.5, 0.6) is 5.75 Å². The second-order valence-electron chi connectivity index (χ2n) is 6.40. The minimum absolute atomic E-state index is 0.275. The molecule has 2 N–H and O–H groups in total. The monoisotopic (exact) mass is 404 g/mol. The van der Waals surface area contributed by atoms with E-state index >= 15 is 0 Å². The highest BCUT2D eigenvalue weighted by molar-refractivity contribution is 7.80. The molecule has 7 heteroatoms. The Labute approximate surface area is 169 Å². The number of thiophene rings is 1. The molecule has 3 rings (SSSR count). The molecule has 2 aromatic rings. The number of hydrogen-bond donors (Lipinski definition) is 2. The van der Waals surface area contributed by atoms with Crippen LogP contribution in [0.15, 0.2) is 18.2 Å². The third kappa shape index (κ3) is 4.42. The van der Waals surface area contributed by atoms with Gasteiger partial charge in [-0.3, -0.25) is 0 Å². The van der Waals surface area contributed by atoms with Gasteiger partial charge in [-0.1, -0.05) is 0 Å². The van der Waals surface area contributed by atoms with Crippen molar-refractivity contribution in [1.29, 1.82) is 0 Å². The molecule has 0 unspecified atom stereocenters. The number of benzene rings is 1. The Bertz CT molecular complexity index is 861. The maximum Gasteiger partial charge on any atom is 0.341 e. The Kier molecular flexibility index (Phi) is 6.34. The second kappa shape index (κ2) is 8.71. The number of carbonyl (C=O) groups excluding carboxylic acids is 1. The second-order valence-corrected chi connectivity index (χ2v) is 7.91. The van der Waals surface area contributed by atoms with Gasteiger partial charge in [-0.05, 0) is 81.1 Å². The average molecular weight is 405 g/mol. The molecule has 144 valence electrons. The summed E-state index contributed by atoms with van der Waals surface area (Å²) in [6.07, 6.45) is 4.18. The van der Waals surface area contributed by atoms with Gasteiger partial charge in [-0.25, -0.2) is 4.79 Å². The molecular formula is C20H24N2O3S2. The fourth-order valence-corrected chi connectivity index (χ4v) is 4.79. The number of methoxy groups -OCH3 is 1. The number of hydrogen-bond acceptors (Lipinski definition) is 5. The Balaban J connectivity index is 1.81. The van der Waals surface area contributed by atoms with Crippen LogP contribution in [0.2, 0.25) is 0 Å². The molecule has 1 aromatic carbocycles. The van der Waals surface area contributed by atoms with E-state index in [1.165, 1.54) is 4.88 Å². The van der Waals surface area contributed by atoms with E-state index in [4.69, 9.17) is 21.7 Å². The summed E-state index contributed by atoms with van der Waals surface area (Å²) >= 11 is 7.10. The van der Waals surface area contributed by atoms with E-state index in [-0.39, 0.29) is 5.97 Å². The lowest BCUT2D eigenvalue weighted by Crippen LogP contribution is -2.21. The molecule has 0 atom stereocenters. The van der Waals surface area contributed by atoms with E-state index in [9.17, 15) is 4.79 Å². The van der Waals surface area contributed by atoms with Crippen molar-refractivity contribution in [3.05, 3.63) is 39.8 Å². The van der Waals surface area contributed by atoms with Crippen molar-refractivity contribution in [3.63, 3.8) is 0 Å². The first-order valence-electron chi connectivity index (χ1n) is 9.07. The maximum absolute atomic E-state index is 12.5. The molecule has 0 radical (unpaired) electrons. The van der Waals surface area contributed by atoms with Crippen LogP contribution in [0.1, 0.15) is 46.1 Å². The van der Waals surface area contributed by atoms with E-state index < -0.39 is 0 Å². The quantitative estimate of drug-likeness (QED) is 0.544. The number of carbonyl (C=O) groups is 1. The summed E-state index contributed by atoms with van der Waals surface area (Å²) in [5.74, 6) is 0.523. The standard InChI is InChI=1S/C20H24N2O3S2/c1-4-25-19(23)17-14-7-5-6-8-16(14)27-18(17)22-20(26)21-15-10-9-13(24-3)11-12(15)2/h9-11H,4-8H2,1-3H3,(H2,21,22,26). The van der Waals surface area contributed by atoms with Gasteiger partial charge in [0.15, 0.2) is 5.11 Å². The lowest BCUT2D eigenvalue weighted by molar-refractivity contribution is 0.0526. The number of esters is 1. The van der Waals surface area contributed by atoms with Crippen molar-refractivity contribution >= 4 is 45.3 Å². The Morgan fingerprint density at radius 2 is 2.04 bits per heavy atom. The van der Waals surface area contributed by atoms with Crippen LogP contribution >= 0.6 is 23.6 Å². The minimum atomic E-state index is -0.275. The average Bonchev–Trinajstić information content (AvgIpc) is 3.01. The molecule has 0 fully saturated rings. The van der Waals surface area contributed by atoms with Crippen LogP contribution < -0.4 is 15.4 Å². The Morgan fingerprint density at radius 1 is 1.26 bits per heavy atom. The number of aryl methyl sites for hydroxylation is 2. The number of fused-ring (bicyclic) bond motifs is 1. The number of anilines is 2. The molecular weight excluding hydrogens is 380 g/mol. The molecule has 0 spiro atoms. The van der Waals surface area contributed by atoms with Gasteiger partial charge in [0.05, 0.1) is 19.3 Å². The SMILES string of the molecule is CCOC(=O)c1c(NC(=S)Nc2ccc(OC)cc2C)sc2c1CCCC2. The van der Waals surface area contributed by atoms with Gasteiger partial charge >= 0.3 is 5.97 Å². The first kappa shape index (κ1) is 19.6. The van der Waals surface area contributed by atoms with Gasteiger partial charge in [0.2, 0.25) is 0 Å². The Morgan fingerprint density at radius 3 is 2.74 bits per heavy atom. The van der Waals surface area contributed by atoms with Crippen LogP contribution in [0.4, 0.5) is 10.7 Å². The van der Waals surface area contributed by atoms with E-state index in [0.717, 1.165) is 53.2 Å². The summed E-state index contributed by atoms with van der Waals surface area (Å²) in [7, 11) is 1.64. The first-order chi connectivity index (χ1) is 13.0. The van der Waals surface area contributed by atoms with Gasteiger partial charge in [-0.15, -0.1) is 11.3 Å². The van der Waals surface area contributed by atoms with Crippen LogP contribution in [0.25, 0.3) is 0 Å². The van der Waals surface area contributed by atoms with Crippen LogP contribution in [-0.4, -0.2) is 24.8 Å². The number of thiocarbonyl (C=S) groups is 1. The van der Waals surface area contributed by atoms with Crippen molar-refractivity contribution in [3.8, 4) is 5.75 Å². The van der Waals surface area contributed by atoms with Crippen LogP contribution in [-0.2, 0) is 17.6 Å². The van der Waals surface area contributed by atoms with Crippen molar-refractivity contribution in [2.75, 3.05) is 24.4 Å². The summed E-state index contributed by atoms with van der Waals surface area (Å²) in [6, 6.07) is 5.75. The fourth-order valence-electron chi connectivity index (χ4n) is 3.23. The number of nitrogens with one attached hydrogen (secondary N) is 2. The maximum atomic E-state index is 12.5. The molecule has 0 saturated heterocycles. The van der Waals surface area contributed by atoms with E-state index in [1.807, 2.05) is 32.0 Å². The zero-order valence-corrected chi connectivity index (χ0v) is 17.4. The van der Waals surface area contributed by atoms with Gasteiger partial charge in [0.25, 0.3) is 0 Å². The Hall–Kier alpha value is -2.12. The highest BCUT2D eigenvalue weighted by Gasteiger charge is 2.26. The molecule has 0 bridgehead atoms. The van der Waals surface area contributed by atoms with Crippen LogP contribution in [0.3, 0.4) is 0 Å². The molecule has 1 aliphatic rings. The largest absolute Gasteiger partial charge is 0.497 e. The lowest BCUT2D eigenvalue weighted by atomic mass is 9.95. The molecule has 0 saturated carbocycles. The molecule has 0 amide bonds. The molecule has 1 aliphatic carbocycles. The highest BCUT2D eigenvalue weighted by Crippen LogP contribution is 2.38. The fraction of sp³-hybridized carbons (Fsp3) is 0.400. The van der Waals surface area contributed by atoms with E-state index in [0.29, 0.717) is 17.3 Å². The summed E-state index contributed by atoms with van der Waals surface area (Å²) < 4.78 is 10.5. The number of ether oxygens (including phenoxy) is 2.